The molecule has 1 saturated heterocycles. The molecule has 0 aromatic carbocycles. The van der Waals surface area contributed by atoms with Crippen LogP contribution in [0.3, 0.4) is 0 Å². The van der Waals surface area contributed by atoms with Crippen LogP contribution in [0.15, 0.2) is 0 Å². The van der Waals surface area contributed by atoms with E-state index in [1.54, 1.807) is 27.7 Å². The zero-order valence-corrected chi connectivity index (χ0v) is 11.3. The van der Waals surface area contributed by atoms with E-state index in [1.807, 2.05) is 0 Å². The number of carbonyl (C=O) groups is 2. The largest absolute Gasteiger partial charge is 0.464 e. The zero-order valence-electron chi connectivity index (χ0n) is 11.3. The van der Waals surface area contributed by atoms with Gasteiger partial charge in [0, 0.05) is 0 Å². The molecule has 1 heterocycles. The van der Waals surface area contributed by atoms with Crippen molar-refractivity contribution in [2.75, 3.05) is 6.61 Å². The van der Waals surface area contributed by atoms with E-state index >= 15 is 0 Å². The minimum Gasteiger partial charge on any atom is -0.464 e. The average Bonchev–Trinajstić information content (AvgIpc) is 2.58. The molecule has 2 atom stereocenters. The fourth-order valence-corrected chi connectivity index (χ4v) is 1.83. The number of aliphatic hydroxyl groups excluding tert-OH is 1. The van der Waals surface area contributed by atoms with Gasteiger partial charge in [0.25, 0.3) is 0 Å². The summed E-state index contributed by atoms with van der Waals surface area (Å²) in [5.41, 5.74) is -0.668. The molecule has 1 N–H and O–H groups in total. The summed E-state index contributed by atoms with van der Waals surface area (Å²) in [5, 5.41) is 9.76. The highest BCUT2D eigenvalue weighted by molar-refractivity contribution is 5.82. The van der Waals surface area contributed by atoms with Gasteiger partial charge in [-0.05, 0) is 40.5 Å². The summed E-state index contributed by atoms with van der Waals surface area (Å²) in [6.45, 7) is 7.13. The Kier molecular flexibility index (Phi) is 4.56. The summed E-state index contributed by atoms with van der Waals surface area (Å²) >= 11 is 0. The zero-order chi connectivity index (χ0) is 13.9. The van der Waals surface area contributed by atoms with Crippen LogP contribution in [0.25, 0.3) is 0 Å². The van der Waals surface area contributed by atoms with Crippen molar-refractivity contribution in [3.05, 3.63) is 0 Å². The van der Waals surface area contributed by atoms with E-state index in [0.717, 1.165) is 4.90 Å². The topological polar surface area (TPSA) is 76.1 Å². The number of ether oxygens (including phenoxy) is 2. The molecule has 1 rings (SSSR count). The lowest BCUT2D eigenvalue weighted by Crippen LogP contribution is -2.47. The normalized spacial score (nSPS) is 23.9. The Bertz CT molecular complexity index is 323. The van der Waals surface area contributed by atoms with Crippen molar-refractivity contribution in [1.82, 2.24) is 4.90 Å². The van der Waals surface area contributed by atoms with Crippen LogP contribution in [-0.4, -0.2) is 46.5 Å². The van der Waals surface area contributed by atoms with Gasteiger partial charge in [-0.1, -0.05) is 0 Å². The predicted octanol–water partition coefficient (Wildman–Crippen LogP) is 1.27. The van der Waals surface area contributed by atoms with Crippen LogP contribution in [0, 0.1) is 0 Å². The highest BCUT2D eigenvalue weighted by Crippen LogP contribution is 2.25. The van der Waals surface area contributed by atoms with Crippen molar-refractivity contribution in [2.24, 2.45) is 0 Å². The van der Waals surface area contributed by atoms with E-state index < -0.39 is 29.9 Å². The molecule has 6 nitrogen and oxygen atoms in total. The van der Waals surface area contributed by atoms with E-state index in [1.165, 1.54) is 0 Å². The molecule has 1 aliphatic heterocycles. The maximum absolute atomic E-state index is 11.9. The first-order chi connectivity index (χ1) is 8.26. The molecule has 104 valence electrons. The van der Waals surface area contributed by atoms with E-state index in [2.05, 4.69) is 0 Å². The highest BCUT2D eigenvalue weighted by Gasteiger charge is 2.42. The molecule has 1 amide bonds. The summed E-state index contributed by atoms with van der Waals surface area (Å²) in [4.78, 5) is 24.7. The molecule has 0 aromatic rings. The number of carbonyl (C=O) groups excluding carboxylic acids is 2. The molecule has 1 aliphatic rings. The minimum absolute atomic E-state index is 0.244. The molecular weight excluding hydrogens is 238 g/mol. The molecule has 0 saturated carbocycles. The average molecular weight is 259 g/mol. The smallest absolute Gasteiger partial charge is 0.413 e. The van der Waals surface area contributed by atoms with Crippen LogP contribution in [-0.2, 0) is 14.3 Å². The fraction of sp³-hybridized carbons (Fsp3) is 0.833. The minimum atomic E-state index is -0.991. The Balaban J connectivity index is 2.76. The number of esters is 1. The van der Waals surface area contributed by atoms with E-state index in [9.17, 15) is 14.7 Å². The lowest BCUT2D eigenvalue weighted by molar-refractivity contribution is -0.150. The van der Waals surface area contributed by atoms with Gasteiger partial charge in [0.2, 0.25) is 0 Å². The van der Waals surface area contributed by atoms with Crippen LogP contribution in [0.4, 0.5) is 4.79 Å². The van der Waals surface area contributed by atoms with Gasteiger partial charge < -0.3 is 14.6 Å². The number of nitrogens with zero attached hydrogens (tertiary/aromatic N) is 1. The summed E-state index contributed by atoms with van der Waals surface area (Å²) in [6, 6.07) is -0.755. The Morgan fingerprint density at radius 1 is 1.33 bits per heavy atom. The first kappa shape index (κ1) is 14.8. The molecule has 0 aromatic heterocycles. The van der Waals surface area contributed by atoms with Gasteiger partial charge in [-0.2, -0.15) is 0 Å². The van der Waals surface area contributed by atoms with Crippen LogP contribution >= 0.6 is 0 Å². The van der Waals surface area contributed by atoms with Crippen molar-refractivity contribution < 1.29 is 24.2 Å². The van der Waals surface area contributed by atoms with Crippen molar-refractivity contribution in [2.45, 2.75) is 58.4 Å². The maximum Gasteiger partial charge on any atom is 0.413 e. The number of amides is 1. The fourth-order valence-electron chi connectivity index (χ4n) is 1.83. The van der Waals surface area contributed by atoms with Gasteiger partial charge in [-0.3, -0.25) is 4.90 Å². The third kappa shape index (κ3) is 3.60. The van der Waals surface area contributed by atoms with E-state index in [0.29, 0.717) is 12.8 Å². The van der Waals surface area contributed by atoms with Crippen molar-refractivity contribution >= 4 is 12.1 Å². The second-order valence-electron chi connectivity index (χ2n) is 5.21. The molecule has 1 fully saturated rings. The Labute approximate surface area is 107 Å². The van der Waals surface area contributed by atoms with Gasteiger partial charge in [-0.15, -0.1) is 0 Å². The third-order valence-electron chi connectivity index (χ3n) is 2.52. The van der Waals surface area contributed by atoms with Gasteiger partial charge in [0.05, 0.1) is 6.61 Å². The standard InChI is InChI=1S/C12H21NO5/c1-5-17-10(15)8-6-7-9(14)13(8)11(16)18-12(2,3)4/h8-9,14H,5-7H2,1-4H3/t8-,9-/m0/s1. The molecular formula is C12H21NO5. The molecule has 0 unspecified atom stereocenters. The first-order valence-corrected chi connectivity index (χ1v) is 6.12. The number of aliphatic hydroxyl groups is 1. The Morgan fingerprint density at radius 3 is 2.44 bits per heavy atom. The first-order valence-electron chi connectivity index (χ1n) is 6.12. The number of hydrogen-bond acceptors (Lipinski definition) is 5. The quantitative estimate of drug-likeness (QED) is 0.756. The summed E-state index contributed by atoms with van der Waals surface area (Å²) < 4.78 is 10.1. The van der Waals surface area contributed by atoms with Gasteiger partial charge >= 0.3 is 12.1 Å². The van der Waals surface area contributed by atoms with Gasteiger partial charge in [0.15, 0.2) is 0 Å². The Morgan fingerprint density at radius 2 is 1.94 bits per heavy atom. The second kappa shape index (κ2) is 5.56. The molecule has 6 heteroatoms. The monoisotopic (exact) mass is 259 g/mol. The number of likely N-dealkylation sites (tertiary alicyclic amines) is 1. The number of hydrogen-bond donors (Lipinski definition) is 1. The highest BCUT2D eigenvalue weighted by atomic mass is 16.6. The van der Waals surface area contributed by atoms with Crippen molar-refractivity contribution in [3.63, 3.8) is 0 Å². The molecule has 0 bridgehead atoms. The molecule has 0 aliphatic carbocycles. The lowest BCUT2D eigenvalue weighted by atomic mass is 10.2. The molecule has 0 spiro atoms. The van der Waals surface area contributed by atoms with Crippen molar-refractivity contribution in [1.29, 1.82) is 0 Å². The van der Waals surface area contributed by atoms with E-state index in [-0.39, 0.29) is 6.61 Å². The number of rotatable bonds is 2. The predicted molar refractivity (Wildman–Crippen MR) is 63.7 cm³/mol. The van der Waals surface area contributed by atoms with Gasteiger partial charge in [-0.25, -0.2) is 9.59 Å². The van der Waals surface area contributed by atoms with Crippen LogP contribution < -0.4 is 0 Å². The summed E-state index contributed by atoms with van der Waals surface area (Å²) in [7, 11) is 0. The Hall–Kier alpha value is -1.30. The summed E-state index contributed by atoms with van der Waals surface area (Å²) in [5.74, 6) is -0.500. The molecule has 0 radical (unpaired) electrons. The molecule has 18 heavy (non-hydrogen) atoms. The van der Waals surface area contributed by atoms with E-state index in [4.69, 9.17) is 9.47 Å². The maximum atomic E-state index is 11.9. The SMILES string of the molecule is CCOC(=O)[C@@H]1CC[C@H](O)N1C(=O)OC(C)(C)C. The lowest BCUT2D eigenvalue weighted by Gasteiger charge is -2.29. The third-order valence-corrected chi connectivity index (χ3v) is 2.52. The van der Waals surface area contributed by atoms with Crippen LogP contribution in [0.1, 0.15) is 40.5 Å². The van der Waals surface area contributed by atoms with Gasteiger partial charge in [0.1, 0.15) is 17.9 Å². The van der Waals surface area contributed by atoms with Crippen LogP contribution in [0.5, 0.6) is 0 Å². The second-order valence-corrected chi connectivity index (χ2v) is 5.21. The van der Waals surface area contributed by atoms with Crippen molar-refractivity contribution in [3.8, 4) is 0 Å². The summed E-state index contributed by atoms with van der Waals surface area (Å²) in [6.07, 6.45) is -0.943. The van der Waals surface area contributed by atoms with Crippen LogP contribution in [0.2, 0.25) is 0 Å².